The minimum atomic E-state index is 0.819. The molecule has 9 aromatic carbocycles. The van der Waals surface area contributed by atoms with Crippen LogP contribution in [0.1, 0.15) is 0 Å². The quantitative estimate of drug-likeness (QED) is 0.167. The normalized spacial score (nSPS) is 12.3. The highest BCUT2D eigenvalue weighted by Crippen LogP contribution is 2.48. The zero-order valence-corrected chi connectivity index (χ0v) is 30.1. The van der Waals surface area contributed by atoms with E-state index in [0.29, 0.717) is 0 Å². The molecule has 0 N–H and O–H groups in total. The highest BCUT2D eigenvalue weighted by Gasteiger charge is 2.27. The Kier molecular flexibility index (Phi) is 5.86. The molecule has 4 heterocycles. The number of rotatable bonds is 2. The van der Waals surface area contributed by atoms with E-state index in [0.717, 1.165) is 44.5 Å². The Balaban J connectivity index is 1.20. The van der Waals surface area contributed by atoms with Crippen LogP contribution >= 0.6 is 0 Å². The Labute approximate surface area is 321 Å². The largest absolute Gasteiger partial charge is 0.308 e. The van der Waals surface area contributed by atoms with Crippen molar-refractivity contribution in [1.29, 1.82) is 0 Å². The van der Waals surface area contributed by atoms with Crippen LogP contribution in [0.3, 0.4) is 0 Å². The predicted molar refractivity (Wildman–Crippen MR) is 233 cm³/mol. The number of hydrogen-bond acceptors (Lipinski definition) is 2. The summed E-state index contributed by atoms with van der Waals surface area (Å²) < 4.78 is 4.87. The van der Waals surface area contributed by atoms with Crippen molar-refractivity contribution in [3.8, 4) is 45.0 Å². The van der Waals surface area contributed by atoms with Crippen LogP contribution in [0.2, 0.25) is 0 Å². The second kappa shape index (κ2) is 11.0. The van der Waals surface area contributed by atoms with E-state index in [-0.39, 0.29) is 0 Å². The van der Waals surface area contributed by atoms with E-state index in [2.05, 4.69) is 179 Å². The van der Waals surface area contributed by atoms with E-state index < -0.39 is 0 Å². The van der Waals surface area contributed by atoms with Crippen molar-refractivity contribution in [2.24, 2.45) is 0 Å². The Bertz CT molecular complexity index is 3660. The molecule has 12 aromatic rings. The van der Waals surface area contributed by atoms with Crippen molar-refractivity contribution in [1.82, 2.24) is 19.1 Å². The third-order valence-corrected chi connectivity index (χ3v) is 12.0. The summed E-state index contributed by atoms with van der Waals surface area (Å²) in [6, 6.07) is 65.9. The van der Waals surface area contributed by atoms with Crippen molar-refractivity contribution >= 4 is 76.2 Å². The second-order valence-electron chi connectivity index (χ2n) is 14.9. The van der Waals surface area contributed by atoms with Crippen LogP contribution in [-0.2, 0) is 0 Å². The molecule has 0 unspecified atom stereocenters. The number of benzene rings is 9. The fourth-order valence-corrected chi connectivity index (χ4v) is 9.65. The Morgan fingerprint density at radius 2 is 0.893 bits per heavy atom. The van der Waals surface area contributed by atoms with Crippen LogP contribution in [0.4, 0.5) is 0 Å². The summed E-state index contributed by atoms with van der Waals surface area (Å²) in [4.78, 5) is 11.0. The first-order chi connectivity index (χ1) is 27.8. The molecule has 1 aliphatic heterocycles. The third kappa shape index (κ3) is 3.92. The molecule has 56 heavy (non-hydrogen) atoms. The average Bonchev–Trinajstić information content (AvgIpc) is 3.72. The SMILES string of the molecule is c1ccc2c(c1)-c1ccccc1-n1c3cc4c5ccccc5n(-c5nc6ccccc6nc5-c5cc6ccccc6c6ccccc56)c4cc3c3cccc-2c31. The standard InChI is InChI=1S/C52H30N4/c1-2-15-32-31(14-1)28-43(36-19-6-3-16-33(32)36)50-52(54-45-25-10-9-24-44(45)53-50)56-47-27-12-8-21-38(47)41-29-48-42(30-49(41)56)40-23-13-22-39-35-18-5-4-17-34(35)37-20-7-11-26-46(37)55(48)51(39)40/h1-30H. The fraction of sp³-hybridized carbons (Fsp3) is 0. The van der Waals surface area contributed by atoms with Crippen LogP contribution in [0.15, 0.2) is 182 Å². The summed E-state index contributed by atoms with van der Waals surface area (Å²) in [6.45, 7) is 0. The van der Waals surface area contributed by atoms with Crippen molar-refractivity contribution in [3.63, 3.8) is 0 Å². The molecular weight excluding hydrogens is 681 g/mol. The van der Waals surface area contributed by atoms with E-state index in [1.165, 1.54) is 76.7 Å². The first-order valence-corrected chi connectivity index (χ1v) is 19.2. The molecule has 0 saturated heterocycles. The lowest BCUT2D eigenvalue weighted by Gasteiger charge is -2.16. The number of para-hydroxylation sites is 5. The highest BCUT2D eigenvalue weighted by molar-refractivity contribution is 6.22. The second-order valence-corrected chi connectivity index (χ2v) is 14.9. The molecule has 4 nitrogen and oxygen atoms in total. The highest BCUT2D eigenvalue weighted by atomic mass is 15.1. The topological polar surface area (TPSA) is 35.6 Å². The Hall–Kier alpha value is -7.56. The van der Waals surface area contributed by atoms with Gasteiger partial charge in [0, 0.05) is 38.2 Å². The molecule has 0 fully saturated rings. The number of nitrogens with zero attached hydrogens (tertiary/aromatic N) is 4. The van der Waals surface area contributed by atoms with E-state index in [4.69, 9.17) is 9.97 Å². The number of aromatic nitrogens is 4. The molecule has 0 radical (unpaired) electrons. The van der Waals surface area contributed by atoms with Gasteiger partial charge in [0.1, 0.15) is 5.69 Å². The van der Waals surface area contributed by atoms with Gasteiger partial charge in [-0.15, -0.1) is 0 Å². The van der Waals surface area contributed by atoms with Gasteiger partial charge in [-0.1, -0.05) is 140 Å². The van der Waals surface area contributed by atoms with Crippen molar-refractivity contribution in [2.45, 2.75) is 0 Å². The van der Waals surface area contributed by atoms with Crippen LogP contribution in [-0.4, -0.2) is 19.1 Å². The van der Waals surface area contributed by atoms with Gasteiger partial charge in [0.15, 0.2) is 5.82 Å². The Morgan fingerprint density at radius 3 is 1.73 bits per heavy atom. The van der Waals surface area contributed by atoms with E-state index in [1.54, 1.807) is 0 Å². The summed E-state index contributed by atoms with van der Waals surface area (Å²) >= 11 is 0. The summed E-state index contributed by atoms with van der Waals surface area (Å²) in [5, 5.41) is 9.57. The Morgan fingerprint density at radius 1 is 0.321 bits per heavy atom. The molecule has 258 valence electrons. The van der Waals surface area contributed by atoms with Crippen molar-refractivity contribution < 1.29 is 0 Å². The lowest BCUT2D eigenvalue weighted by atomic mass is 9.94. The molecule has 4 heteroatoms. The van der Waals surface area contributed by atoms with Crippen LogP contribution in [0, 0.1) is 0 Å². The first-order valence-electron chi connectivity index (χ1n) is 19.2. The minimum Gasteiger partial charge on any atom is -0.308 e. The van der Waals surface area contributed by atoms with Crippen LogP contribution in [0.5, 0.6) is 0 Å². The smallest absolute Gasteiger partial charge is 0.165 e. The molecule has 0 aliphatic carbocycles. The molecule has 0 atom stereocenters. The van der Waals surface area contributed by atoms with Crippen LogP contribution < -0.4 is 0 Å². The monoisotopic (exact) mass is 710 g/mol. The fourth-order valence-electron chi connectivity index (χ4n) is 9.65. The maximum absolute atomic E-state index is 5.53. The summed E-state index contributed by atoms with van der Waals surface area (Å²) in [6.07, 6.45) is 0. The van der Waals surface area contributed by atoms with Gasteiger partial charge >= 0.3 is 0 Å². The summed E-state index contributed by atoms with van der Waals surface area (Å²) in [7, 11) is 0. The molecule has 3 aromatic heterocycles. The summed E-state index contributed by atoms with van der Waals surface area (Å²) in [5.74, 6) is 0.819. The molecule has 13 rings (SSSR count). The van der Waals surface area contributed by atoms with E-state index in [9.17, 15) is 0 Å². The van der Waals surface area contributed by atoms with E-state index >= 15 is 0 Å². The number of hydrogen-bond donors (Lipinski definition) is 0. The summed E-state index contributed by atoms with van der Waals surface area (Å²) in [5.41, 5.74) is 14.5. The minimum absolute atomic E-state index is 0.819. The first kappa shape index (κ1) is 29.8. The molecule has 0 spiro atoms. The molecule has 0 amide bonds. The lowest BCUT2D eigenvalue weighted by Crippen LogP contribution is -2.04. The third-order valence-electron chi connectivity index (χ3n) is 12.0. The van der Waals surface area contributed by atoms with Crippen LogP contribution in [0.25, 0.3) is 121 Å². The molecular formula is C52H30N4. The maximum Gasteiger partial charge on any atom is 0.165 e. The molecule has 1 aliphatic rings. The zero-order chi connectivity index (χ0) is 36.5. The van der Waals surface area contributed by atoms with Gasteiger partial charge in [-0.2, -0.15) is 0 Å². The maximum atomic E-state index is 5.53. The van der Waals surface area contributed by atoms with Gasteiger partial charge in [0.2, 0.25) is 0 Å². The van der Waals surface area contributed by atoms with Gasteiger partial charge in [-0.3, -0.25) is 4.57 Å². The van der Waals surface area contributed by atoms with Gasteiger partial charge in [-0.25, -0.2) is 9.97 Å². The van der Waals surface area contributed by atoms with Crippen molar-refractivity contribution in [2.75, 3.05) is 0 Å². The van der Waals surface area contributed by atoms with Gasteiger partial charge in [-0.05, 0) is 75.1 Å². The van der Waals surface area contributed by atoms with Gasteiger partial charge < -0.3 is 4.57 Å². The number of fused-ring (bicyclic) bond motifs is 15. The van der Waals surface area contributed by atoms with Gasteiger partial charge in [0.25, 0.3) is 0 Å². The lowest BCUT2D eigenvalue weighted by molar-refractivity contribution is 1.08. The molecule has 0 saturated carbocycles. The molecule has 0 bridgehead atoms. The van der Waals surface area contributed by atoms with E-state index in [1.807, 2.05) is 12.1 Å². The average molecular weight is 711 g/mol. The zero-order valence-electron chi connectivity index (χ0n) is 30.1. The predicted octanol–water partition coefficient (Wildman–Crippen LogP) is 13.4. The van der Waals surface area contributed by atoms with Gasteiger partial charge in [0.05, 0.1) is 38.8 Å². The van der Waals surface area contributed by atoms with Crippen molar-refractivity contribution in [3.05, 3.63) is 182 Å².